The Morgan fingerprint density at radius 1 is 1.00 bits per heavy atom. The molecule has 0 saturated heterocycles. The molecular formula is C22H22N2. The minimum absolute atomic E-state index is 0.221. The predicted octanol–water partition coefficient (Wildman–Crippen LogP) is 4.14. The summed E-state index contributed by atoms with van der Waals surface area (Å²) in [6, 6.07) is 21.4. The van der Waals surface area contributed by atoms with E-state index in [9.17, 15) is 0 Å². The maximum atomic E-state index is 6.29. The highest BCUT2D eigenvalue weighted by Crippen LogP contribution is 2.35. The van der Waals surface area contributed by atoms with Crippen molar-refractivity contribution in [3.63, 3.8) is 0 Å². The lowest BCUT2D eigenvalue weighted by Gasteiger charge is -2.13. The molecule has 1 heterocycles. The van der Waals surface area contributed by atoms with Gasteiger partial charge in [-0.25, -0.2) is 0 Å². The Morgan fingerprint density at radius 3 is 2.33 bits per heavy atom. The minimum atomic E-state index is 0.221. The van der Waals surface area contributed by atoms with Crippen LogP contribution in [0.5, 0.6) is 0 Å². The number of benzene rings is 2. The first kappa shape index (κ1) is 15.0. The third-order valence-corrected chi connectivity index (χ3v) is 4.89. The highest BCUT2D eigenvalue weighted by molar-refractivity contribution is 5.61. The first-order chi connectivity index (χ1) is 11.8. The highest BCUT2D eigenvalue weighted by Gasteiger charge is 2.29. The Labute approximate surface area is 143 Å². The average Bonchev–Trinajstić information content (AvgIpc) is 3.12. The second kappa shape index (κ2) is 6.14. The van der Waals surface area contributed by atoms with Gasteiger partial charge >= 0.3 is 0 Å². The van der Waals surface area contributed by atoms with E-state index in [4.69, 9.17) is 5.73 Å². The molecule has 2 N–H and O–H groups in total. The lowest BCUT2D eigenvalue weighted by atomic mass is 9.99. The molecule has 0 bridgehead atoms. The summed E-state index contributed by atoms with van der Waals surface area (Å²) in [6.07, 6.45) is 4.81. The van der Waals surface area contributed by atoms with Crippen LogP contribution in [0, 0.1) is 0 Å². The van der Waals surface area contributed by atoms with E-state index < -0.39 is 0 Å². The van der Waals surface area contributed by atoms with Gasteiger partial charge < -0.3 is 10.3 Å². The molecule has 0 radical (unpaired) electrons. The fourth-order valence-electron chi connectivity index (χ4n) is 3.87. The van der Waals surface area contributed by atoms with Gasteiger partial charge in [0.1, 0.15) is 0 Å². The van der Waals surface area contributed by atoms with Crippen molar-refractivity contribution in [3.8, 4) is 5.69 Å². The molecule has 0 amide bonds. The van der Waals surface area contributed by atoms with Crippen molar-refractivity contribution < 1.29 is 0 Å². The number of hydrogen-bond donors (Lipinski definition) is 1. The first-order valence-corrected chi connectivity index (χ1v) is 8.50. The molecule has 1 aliphatic carbocycles. The molecule has 0 spiro atoms. The molecule has 2 nitrogen and oxygen atoms in total. The molecule has 120 valence electrons. The maximum Gasteiger partial charge on any atom is 0.0491 e. The molecule has 2 aromatic carbocycles. The zero-order valence-electron chi connectivity index (χ0n) is 13.8. The lowest BCUT2D eigenvalue weighted by molar-refractivity contribution is 0.701. The number of hydrogen-bond acceptors (Lipinski definition) is 1. The average molecular weight is 314 g/mol. The fourth-order valence-corrected chi connectivity index (χ4v) is 3.87. The van der Waals surface area contributed by atoms with Crippen LogP contribution in [0.4, 0.5) is 0 Å². The van der Waals surface area contributed by atoms with Crippen LogP contribution in [0.15, 0.2) is 67.2 Å². The third-order valence-electron chi connectivity index (χ3n) is 4.89. The van der Waals surface area contributed by atoms with Crippen LogP contribution in [-0.4, -0.2) is 10.6 Å². The van der Waals surface area contributed by atoms with E-state index in [-0.39, 0.29) is 6.04 Å². The van der Waals surface area contributed by atoms with Gasteiger partial charge in [-0.3, -0.25) is 0 Å². The third kappa shape index (κ3) is 2.49. The molecule has 1 aliphatic rings. The molecule has 3 aromatic rings. The van der Waals surface area contributed by atoms with E-state index in [1.165, 1.54) is 33.8 Å². The van der Waals surface area contributed by atoms with Gasteiger partial charge in [0.15, 0.2) is 0 Å². The Bertz CT molecular complexity index is 860. The molecule has 1 aromatic heterocycles. The molecule has 0 fully saturated rings. The number of aromatic nitrogens is 1. The van der Waals surface area contributed by atoms with Gasteiger partial charge in [-0.1, -0.05) is 55.1 Å². The fraction of sp³-hybridized carbons (Fsp3) is 0.182. The van der Waals surface area contributed by atoms with Gasteiger partial charge in [-0.2, -0.15) is 0 Å². The lowest BCUT2D eigenvalue weighted by Crippen LogP contribution is -2.21. The van der Waals surface area contributed by atoms with Crippen LogP contribution < -0.4 is 5.73 Å². The van der Waals surface area contributed by atoms with Gasteiger partial charge in [0.25, 0.3) is 0 Å². The number of nitrogens with zero attached hydrogens (tertiary/aromatic N) is 1. The van der Waals surface area contributed by atoms with Gasteiger partial charge in [-0.15, -0.1) is 0 Å². The monoisotopic (exact) mass is 314 g/mol. The minimum Gasteiger partial charge on any atom is -0.327 e. The molecule has 24 heavy (non-hydrogen) atoms. The van der Waals surface area contributed by atoms with E-state index in [0.717, 1.165) is 19.3 Å². The summed E-state index contributed by atoms with van der Waals surface area (Å²) in [5, 5.41) is 0. The zero-order chi connectivity index (χ0) is 16.5. The summed E-state index contributed by atoms with van der Waals surface area (Å²) in [7, 11) is 0. The second-order valence-electron chi connectivity index (χ2n) is 6.49. The molecular weight excluding hydrogens is 292 g/mol. The second-order valence-corrected chi connectivity index (χ2v) is 6.49. The Balaban J connectivity index is 1.89. The quantitative estimate of drug-likeness (QED) is 0.771. The normalized spacial score (nSPS) is 16.1. The number of para-hydroxylation sites is 1. The zero-order valence-corrected chi connectivity index (χ0v) is 13.8. The predicted molar refractivity (Wildman–Crippen MR) is 100 cm³/mol. The van der Waals surface area contributed by atoms with E-state index >= 15 is 0 Å². The highest BCUT2D eigenvalue weighted by atomic mass is 15.0. The first-order valence-electron chi connectivity index (χ1n) is 8.50. The smallest absolute Gasteiger partial charge is 0.0491 e. The molecule has 2 heteroatoms. The Kier molecular flexibility index (Phi) is 3.83. The number of fused-ring (bicyclic) bond motifs is 1. The van der Waals surface area contributed by atoms with Gasteiger partial charge in [0.2, 0.25) is 0 Å². The Morgan fingerprint density at radius 2 is 1.67 bits per heavy atom. The van der Waals surface area contributed by atoms with Crippen LogP contribution in [0.2, 0.25) is 0 Å². The summed E-state index contributed by atoms with van der Waals surface area (Å²) in [4.78, 5) is 0. The van der Waals surface area contributed by atoms with E-state index in [1.54, 1.807) is 0 Å². The summed E-state index contributed by atoms with van der Waals surface area (Å²) >= 11 is 0. The molecule has 0 saturated carbocycles. The topological polar surface area (TPSA) is 30.9 Å². The van der Waals surface area contributed by atoms with Crippen molar-refractivity contribution in [2.75, 3.05) is 0 Å². The van der Waals surface area contributed by atoms with E-state index in [2.05, 4.69) is 71.8 Å². The van der Waals surface area contributed by atoms with Crippen LogP contribution >= 0.6 is 0 Å². The molecule has 1 unspecified atom stereocenters. The van der Waals surface area contributed by atoms with Gasteiger partial charge in [0, 0.05) is 29.5 Å². The Hall–Kier alpha value is -2.58. The largest absolute Gasteiger partial charge is 0.327 e. The van der Waals surface area contributed by atoms with Crippen LogP contribution in [-0.2, 0) is 19.3 Å². The maximum absolute atomic E-state index is 6.29. The molecule has 0 aliphatic heterocycles. The summed E-state index contributed by atoms with van der Waals surface area (Å²) in [5.41, 5.74) is 14.2. The van der Waals surface area contributed by atoms with E-state index in [0.29, 0.717) is 0 Å². The van der Waals surface area contributed by atoms with Crippen molar-refractivity contribution in [1.82, 2.24) is 4.57 Å². The van der Waals surface area contributed by atoms with Crippen molar-refractivity contribution in [1.29, 1.82) is 0 Å². The number of rotatable bonds is 4. The van der Waals surface area contributed by atoms with Crippen LogP contribution in [0.25, 0.3) is 11.8 Å². The molecule has 4 rings (SSSR count). The van der Waals surface area contributed by atoms with Crippen molar-refractivity contribution in [2.45, 2.75) is 25.3 Å². The van der Waals surface area contributed by atoms with Gasteiger partial charge in [-0.05, 0) is 47.7 Å². The van der Waals surface area contributed by atoms with Crippen LogP contribution in [0.1, 0.15) is 28.1 Å². The molecule has 1 atom stereocenters. The van der Waals surface area contributed by atoms with Gasteiger partial charge in [0.05, 0.1) is 0 Å². The van der Waals surface area contributed by atoms with E-state index in [1.807, 2.05) is 6.08 Å². The summed E-state index contributed by atoms with van der Waals surface area (Å²) in [6.45, 7) is 4.10. The van der Waals surface area contributed by atoms with Crippen molar-refractivity contribution in [2.24, 2.45) is 5.73 Å². The van der Waals surface area contributed by atoms with Crippen LogP contribution in [0.3, 0.4) is 0 Å². The SMILES string of the molecule is C=Cc1c(Cc2ccccc2)c2c(n1-c1ccccc1)CC(N)C2. The van der Waals surface area contributed by atoms with Crippen molar-refractivity contribution in [3.05, 3.63) is 95.3 Å². The summed E-state index contributed by atoms with van der Waals surface area (Å²) < 4.78 is 2.35. The summed E-state index contributed by atoms with van der Waals surface area (Å²) in [5.74, 6) is 0. The number of nitrogens with two attached hydrogens (primary N) is 1. The van der Waals surface area contributed by atoms with Crippen molar-refractivity contribution >= 4 is 6.08 Å². The standard InChI is InChI=1S/C22H22N2/c1-2-21-19(13-16-9-5-3-6-10-16)20-14-17(23)15-22(20)24(21)18-11-7-4-8-12-18/h2-12,17H,1,13-15,23H2.